The minimum absolute atomic E-state index is 0.0278. The zero-order chi connectivity index (χ0) is 15.9. The molecule has 0 aromatic heterocycles. The van der Waals surface area contributed by atoms with E-state index in [-0.39, 0.29) is 12.6 Å². The van der Waals surface area contributed by atoms with E-state index in [9.17, 15) is 0 Å². The first-order chi connectivity index (χ1) is 10.6. The fourth-order valence-corrected chi connectivity index (χ4v) is 2.21. The molecule has 118 valence electrons. The molecule has 0 radical (unpaired) electrons. The average Bonchev–Trinajstić information content (AvgIpc) is 2.54. The molecule has 0 fully saturated rings. The molecule has 22 heavy (non-hydrogen) atoms. The second-order valence-electron chi connectivity index (χ2n) is 5.45. The summed E-state index contributed by atoms with van der Waals surface area (Å²) in [6, 6.07) is 16.5. The van der Waals surface area contributed by atoms with Crippen molar-refractivity contribution in [2.24, 2.45) is 0 Å². The molecule has 2 aromatic rings. The van der Waals surface area contributed by atoms with E-state index < -0.39 is 0 Å². The number of benzene rings is 2. The van der Waals surface area contributed by atoms with Gasteiger partial charge in [0, 0.05) is 31.5 Å². The summed E-state index contributed by atoms with van der Waals surface area (Å²) in [5.74, 6) is 0.766. The van der Waals surface area contributed by atoms with Gasteiger partial charge in [-0.25, -0.2) is 0 Å². The Balaban J connectivity index is 1.97. The third kappa shape index (κ3) is 4.40. The molecule has 0 heterocycles. The zero-order valence-corrected chi connectivity index (χ0v) is 13.4. The molecular formula is C18H24N2O2. The van der Waals surface area contributed by atoms with E-state index in [1.54, 1.807) is 0 Å². The Bertz CT molecular complexity index is 565. The highest BCUT2D eigenvalue weighted by molar-refractivity contribution is 5.50. The van der Waals surface area contributed by atoms with Gasteiger partial charge in [0.2, 0.25) is 0 Å². The van der Waals surface area contributed by atoms with E-state index >= 15 is 0 Å². The molecule has 0 aliphatic carbocycles. The Morgan fingerprint density at radius 1 is 1.05 bits per heavy atom. The SMILES string of the molecule is CC(Nc1ccc(OCCO)cc1)c1ccc(N(C)C)cc1. The van der Waals surface area contributed by atoms with Crippen molar-refractivity contribution in [3.63, 3.8) is 0 Å². The van der Waals surface area contributed by atoms with Crippen molar-refractivity contribution in [1.82, 2.24) is 0 Å². The van der Waals surface area contributed by atoms with Gasteiger partial charge < -0.3 is 20.1 Å². The summed E-state index contributed by atoms with van der Waals surface area (Å²) < 4.78 is 5.35. The second-order valence-corrected chi connectivity index (χ2v) is 5.45. The molecule has 2 aromatic carbocycles. The monoisotopic (exact) mass is 300 g/mol. The smallest absolute Gasteiger partial charge is 0.119 e. The number of hydrogen-bond acceptors (Lipinski definition) is 4. The lowest BCUT2D eigenvalue weighted by atomic mass is 10.1. The van der Waals surface area contributed by atoms with Crippen molar-refractivity contribution in [3.05, 3.63) is 54.1 Å². The first-order valence-corrected chi connectivity index (χ1v) is 7.47. The Kier molecular flexibility index (Phi) is 5.67. The van der Waals surface area contributed by atoms with E-state index in [0.717, 1.165) is 11.4 Å². The van der Waals surface area contributed by atoms with Gasteiger partial charge in [0.15, 0.2) is 0 Å². The van der Waals surface area contributed by atoms with Crippen LogP contribution in [0.5, 0.6) is 5.75 Å². The first kappa shape index (κ1) is 16.2. The molecule has 2 N–H and O–H groups in total. The number of nitrogens with one attached hydrogen (secondary N) is 1. The summed E-state index contributed by atoms with van der Waals surface area (Å²) in [5, 5.41) is 12.2. The maximum atomic E-state index is 8.74. The first-order valence-electron chi connectivity index (χ1n) is 7.47. The van der Waals surface area contributed by atoms with Crippen molar-refractivity contribution < 1.29 is 9.84 Å². The number of hydrogen-bond donors (Lipinski definition) is 2. The highest BCUT2D eigenvalue weighted by Gasteiger charge is 2.06. The highest BCUT2D eigenvalue weighted by atomic mass is 16.5. The van der Waals surface area contributed by atoms with Crippen LogP contribution in [0.15, 0.2) is 48.5 Å². The van der Waals surface area contributed by atoms with Gasteiger partial charge in [0.05, 0.1) is 6.61 Å². The molecule has 0 bridgehead atoms. The number of ether oxygens (including phenoxy) is 1. The van der Waals surface area contributed by atoms with Crippen LogP contribution in [-0.4, -0.2) is 32.4 Å². The van der Waals surface area contributed by atoms with Crippen LogP contribution >= 0.6 is 0 Å². The normalized spacial score (nSPS) is 11.8. The summed E-state index contributed by atoms with van der Waals surface area (Å²) >= 11 is 0. The minimum atomic E-state index is 0.0278. The standard InChI is InChI=1S/C18H24N2O2/c1-14(15-4-8-17(9-5-15)20(2)3)19-16-6-10-18(11-7-16)22-13-12-21/h4-11,14,19,21H,12-13H2,1-3H3. The van der Waals surface area contributed by atoms with Crippen molar-refractivity contribution in [1.29, 1.82) is 0 Å². The molecule has 1 unspecified atom stereocenters. The van der Waals surface area contributed by atoms with E-state index in [1.807, 2.05) is 38.4 Å². The number of rotatable bonds is 7. The molecule has 2 rings (SSSR count). The molecule has 4 nitrogen and oxygen atoms in total. The van der Waals surface area contributed by atoms with Gasteiger partial charge in [-0.05, 0) is 48.9 Å². The van der Waals surface area contributed by atoms with Gasteiger partial charge in [-0.15, -0.1) is 0 Å². The third-order valence-electron chi connectivity index (χ3n) is 3.51. The summed E-state index contributed by atoms with van der Waals surface area (Å²) in [6.07, 6.45) is 0. The fraction of sp³-hybridized carbons (Fsp3) is 0.333. The van der Waals surface area contributed by atoms with Gasteiger partial charge >= 0.3 is 0 Å². The lowest BCUT2D eigenvalue weighted by Crippen LogP contribution is -2.10. The van der Waals surface area contributed by atoms with Crippen LogP contribution in [0.25, 0.3) is 0 Å². The van der Waals surface area contributed by atoms with Crippen molar-refractivity contribution in [3.8, 4) is 5.75 Å². The molecule has 1 atom stereocenters. The molecule has 4 heteroatoms. The van der Waals surface area contributed by atoms with Crippen LogP contribution in [0.2, 0.25) is 0 Å². The third-order valence-corrected chi connectivity index (χ3v) is 3.51. The summed E-state index contributed by atoms with van der Waals surface area (Å²) in [7, 11) is 4.08. The topological polar surface area (TPSA) is 44.7 Å². The Morgan fingerprint density at radius 2 is 1.68 bits per heavy atom. The molecule has 0 spiro atoms. The largest absolute Gasteiger partial charge is 0.491 e. The van der Waals surface area contributed by atoms with E-state index in [2.05, 4.69) is 41.4 Å². The lowest BCUT2D eigenvalue weighted by Gasteiger charge is -2.18. The van der Waals surface area contributed by atoms with Crippen LogP contribution < -0.4 is 15.0 Å². The Morgan fingerprint density at radius 3 is 2.23 bits per heavy atom. The second kappa shape index (κ2) is 7.71. The number of nitrogens with zero attached hydrogens (tertiary/aromatic N) is 1. The molecule has 0 saturated carbocycles. The lowest BCUT2D eigenvalue weighted by molar-refractivity contribution is 0.201. The van der Waals surface area contributed by atoms with E-state index in [1.165, 1.54) is 11.3 Å². The quantitative estimate of drug-likeness (QED) is 0.823. The van der Waals surface area contributed by atoms with Crippen LogP contribution in [-0.2, 0) is 0 Å². The van der Waals surface area contributed by atoms with Crippen LogP contribution in [0.4, 0.5) is 11.4 Å². The summed E-state index contributed by atoms with van der Waals surface area (Å²) in [4.78, 5) is 2.09. The van der Waals surface area contributed by atoms with Gasteiger partial charge in [0.25, 0.3) is 0 Å². The van der Waals surface area contributed by atoms with Gasteiger partial charge in [-0.3, -0.25) is 0 Å². The predicted molar refractivity (Wildman–Crippen MR) is 91.8 cm³/mol. The van der Waals surface area contributed by atoms with Crippen molar-refractivity contribution in [2.75, 3.05) is 37.5 Å². The molecule has 0 aliphatic rings. The van der Waals surface area contributed by atoms with Gasteiger partial charge in [0.1, 0.15) is 12.4 Å². The van der Waals surface area contributed by atoms with Crippen molar-refractivity contribution >= 4 is 11.4 Å². The maximum Gasteiger partial charge on any atom is 0.119 e. The number of anilines is 2. The van der Waals surface area contributed by atoms with Gasteiger partial charge in [-0.1, -0.05) is 12.1 Å². The highest BCUT2D eigenvalue weighted by Crippen LogP contribution is 2.23. The average molecular weight is 300 g/mol. The van der Waals surface area contributed by atoms with Crippen LogP contribution in [0, 0.1) is 0 Å². The van der Waals surface area contributed by atoms with Crippen LogP contribution in [0.3, 0.4) is 0 Å². The minimum Gasteiger partial charge on any atom is -0.491 e. The van der Waals surface area contributed by atoms with E-state index in [0.29, 0.717) is 6.61 Å². The van der Waals surface area contributed by atoms with Gasteiger partial charge in [-0.2, -0.15) is 0 Å². The van der Waals surface area contributed by atoms with Crippen molar-refractivity contribution in [2.45, 2.75) is 13.0 Å². The summed E-state index contributed by atoms with van der Waals surface area (Å²) in [5.41, 5.74) is 3.48. The molecular weight excluding hydrogens is 276 g/mol. The Hall–Kier alpha value is -2.20. The Labute approximate surface area is 132 Å². The predicted octanol–water partition coefficient (Wildman–Crippen LogP) is 3.30. The molecule has 0 saturated heterocycles. The molecule has 0 aliphatic heterocycles. The zero-order valence-electron chi connectivity index (χ0n) is 13.4. The molecule has 0 amide bonds. The van der Waals surface area contributed by atoms with Crippen LogP contribution in [0.1, 0.15) is 18.5 Å². The maximum absolute atomic E-state index is 8.74. The summed E-state index contributed by atoms with van der Waals surface area (Å²) in [6.45, 7) is 2.49. The number of aliphatic hydroxyl groups excluding tert-OH is 1. The number of aliphatic hydroxyl groups is 1. The van der Waals surface area contributed by atoms with E-state index in [4.69, 9.17) is 9.84 Å². The fourth-order valence-electron chi connectivity index (χ4n) is 2.21.